The Morgan fingerprint density at radius 1 is 1.06 bits per heavy atom. The van der Waals surface area contributed by atoms with Crippen LogP contribution in [0.1, 0.15) is 11.1 Å². The number of anilines is 2. The van der Waals surface area contributed by atoms with Crippen LogP contribution in [0, 0.1) is 11.3 Å². The number of nitrogens with one attached hydrogen (secondary N) is 2. The number of rotatable bonds is 5. The molecule has 8 heteroatoms. The van der Waals surface area contributed by atoms with Crippen LogP contribution in [-0.4, -0.2) is 58.0 Å². The summed E-state index contributed by atoms with van der Waals surface area (Å²) in [6.45, 7) is 5.34. The molecule has 1 saturated heterocycles. The third kappa shape index (κ3) is 4.37. The number of nitrogens with zero attached hydrogens (tertiary/aromatic N) is 5. The second-order valence-corrected chi connectivity index (χ2v) is 10.1. The first-order chi connectivity index (χ1) is 17.2. The number of benzene rings is 1. The van der Waals surface area contributed by atoms with Crippen molar-refractivity contribution in [2.24, 2.45) is 0 Å². The molecule has 5 aromatic rings. The average molecular weight is 480 g/mol. The molecule has 0 radical (unpaired) electrons. The lowest BCUT2D eigenvalue weighted by Gasteiger charge is -2.32. The van der Waals surface area contributed by atoms with Crippen LogP contribution >= 0.6 is 11.3 Å². The summed E-state index contributed by atoms with van der Waals surface area (Å²) in [6.07, 6.45) is 5.55. The fourth-order valence-corrected chi connectivity index (χ4v) is 5.52. The number of H-pyrrole nitrogens is 1. The average Bonchev–Trinajstić information content (AvgIpc) is 3.53. The lowest BCUT2D eigenvalue weighted by atomic mass is 10.1. The third-order valence-electron chi connectivity index (χ3n) is 6.58. The zero-order valence-electron chi connectivity index (χ0n) is 19.5. The molecule has 1 aliphatic rings. The molecular weight excluding hydrogens is 454 g/mol. The van der Waals surface area contributed by atoms with E-state index in [0.717, 1.165) is 75.8 Å². The molecule has 1 aliphatic heterocycles. The van der Waals surface area contributed by atoms with Gasteiger partial charge in [-0.1, -0.05) is 6.07 Å². The third-order valence-corrected chi connectivity index (χ3v) is 7.65. The molecule has 0 saturated carbocycles. The molecule has 0 aliphatic carbocycles. The maximum absolute atomic E-state index is 9.75. The number of likely N-dealkylation sites (N-methyl/N-ethyl adjacent to an activating group) is 1. The van der Waals surface area contributed by atoms with E-state index >= 15 is 0 Å². The number of hydrogen-bond donors (Lipinski definition) is 2. The minimum absolute atomic E-state index is 0.520. The molecule has 6 rings (SSSR count). The molecule has 1 aromatic carbocycles. The Hall–Kier alpha value is -3.77. The van der Waals surface area contributed by atoms with Gasteiger partial charge in [-0.25, -0.2) is 4.98 Å². The number of thiophene rings is 1. The van der Waals surface area contributed by atoms with Crippen molar-refractivity contribution in [2.75, 3.05) is 38.5 Å². The molecule has 4 aromatic heterocycles. The fourth-order valence-electron chi connectivity index (χ4n) is 4.54. The smallest absolute Gasteiger partial charge is 0.126 e. The van der Waals surface area contributed by atoms with E-state index in [1.165, 1.54) is 5.56 Å². The Labute approximate surface area is 207 Å². The number of fused-ring (bicyclic) bond motifs is 2. The van der Waals surface area contributed by atoms with Crippen LogP contribution in [-0.2, 0) is 6.54 Å². The van der Waals surface area contributed by atoms with Crippen molar-refractivity contribution in [3.05, 3.63) is 72.2 Å². The van der Waals surface area contributed by atoms with E-state index in [1.807, 2.05) is 30.6 Å². The minimum Gasteiger partial charge on any atom is -0.361 e. The highest BCUT2D eigenvalue weighted by Gasteiger charge is 2.16. The SMILES string of the molecule is CN1CCN(Cc2ccc(-c3cc4c(Nc5ccc6[nH]ccc6c5)c(C#N)cnc4s3)nc2)CC1. The van der Waals surface area contributed by atoms with Crippen molar-refractivity contribution in [3.8, 4) is 16.6 Å². The predicted molar refractivity (Wildman–Crippen MR) is 142 cm³/mol. The van der Waals surface area contributed by atoms with Crippen LogP contribution in [0.2, 0.25) is 0 Å². The summed E-state index contributed by atoms with van der Waals surface area (Å²) in [7, 11) is 2.18. The number of pyridine rings is 2. The van der Waals surface area contributed by atoms with Gasteiger partial charge >= 0.3 is 0 Å². The summed E-state index contributed by atoms with van der Waals surface area (Å²) in [6, 6.07) is 16.8. The molecule has 0 unspecified atom stereocenters. The lowest BCUT2D eigenvalue weighted by molar-refractivity contribution is 0.148. The number of nitriles is 1. The molecule has 0 amide bonds. The maximum Gasteiger partial charge on any atom is 0.126 e. The number of piperazine rings is 1. The van der Waals surface area contributed by atoms with E-state index in [2.05, 4.69) is 62.5 Å². The van der Waals surface area contributed by atoms with Crippen LogP contribution in [0.5, 0.6) is 0 Å². The second-order valence-electron chi connectivity index (χ2n) is 9.02. The van der Waals surface area contributed by atoms with Gasteiger partial charge in [0, 0.05) is 73.3 Å². The van der Waals surface area contributed by atoms with Gasteiger partial charge in [0.15, 0.2) is 0 Å². The molecule has 0 bridgehead atoms. The Kier molecular flexibility index (Phi) is 5.66. The normalized spacial score (nSPS) is 15.0. The van der Waals surface area contributed by atoms with E-state index < -0.39 is 0 Å². The molecule has 1 fully saturated rings. The Morgan fingerprint density at radius 3 is 2.74 bits per heavy atom. The van der Waals surface area contributed by atoms with Crippen LogP contribution < -0.4 is 5.32 Å². The van der Waals surface area contributed by atoms with Crippen molar-refractivity contribution in [3.63, 3.8) is 0 Å². The minimum atomic E-state index is 0.520. The molecule has 0 atom stereocenters. The second kappa shape index (κ2) is 9.12. The maximum atomic E-state index is 9.75. The first kappa shape index (κ1) is 21.7. The van der Waals surface area contributed by atoms with Gasteiger partial charge in [0.05, 0.1) is 21.8 Å². The van der Waals surface area contributed by atoms with E-state index in [9.17, 15) is 5.26 Å². The predicted octanol–water partition coefficient (Wildman–Crippen LogP) is 5.20. The summed E-state index contributed by atoms with van der Waals surface area (Å²) in [5, 5.41) is 15.3. The molecule has 0 spiro atoms. The van der Waals surface area contributed by atoms with Crippen molar-refractivity contribution in [1.29, 1.82) is 5.26 Å². The summed E-state index contributed by atoms with van der Waals surface area (Å²) in [5.74, 6) is 0. The highest BCUT2D eigenvalue weighted by atomic mass is 32.1. The number of hydrogen-bond acceptors (Lipinski definition) is 7. The zero-order valence-corrected chi connectivity index (χ0v) is 20.3. The highest BCUT2D eigenvalue weighted by Crippen LogP contribution is 2.38. The van der Waals surface area contributed by atoms with Gasteiger partial charge in [0.1, 0.15) is 10.9 Å². The van der Waals surface area contributed by atoms with Crippen molar-refractivity contribution >= 4 is 43.8 Å². The quantitative estimate of drug-likeness (QED) is 0.360. The topological polar surface area (TPSA) is 83.9 Å². The van der Waals surface area contributed by atoms with Crippen LogP contribution in [0.15, 0.2) is 61.1 Å². The monoisotopic (exact) mass is 479 g/mol. The number of aromatic amines is 1. The zero-order chi connectivity index (χ0) is 23.8. The van der Waals surface area contributed by atoms with Crippen LogP contribution in [0.25, 0.3) is 31.7 Å². The van der Waals surface area contributed by atoms with Gasteiger partial charge in [-0.3, -0.25) is 9.88 Å². The van der Waals surface area contributed by atoms with Crippen LogP contribution in [0.3, 0.4) is 0 Å². The Balaban J connectivity index is 1.28. The lowest BCUT2D eigenvalue weighted by Crippen LogP contribution is -2.43. The molecule has 7 nitrogen and oxygen atoms in total. The van der Waals surface area contributed by atoms with Crippen molar-refractivity contribution < 1.29 is 0 Å². The Morgan fingerprint density at radius 2 is 1.94 bits per heavy atom. The van der Waals surface area contributed by atoms with E-state index in [0.29, 0.717) is 5.56 Å². The van der Waals surface area contributed by atoms with Gasteiger partial charge in [-0.15, -0.1) is 11.3 Å². The van der Waals surface area contributed by atoms with E-state index in [1.54, 1.807) is 17.5 Å². The summed E-state index contributed by atoms with van der Waals surface area (Å²) in [5.41, 5.74) is 5.46. The largest absolute Gasteiger partial charge is 0.361 e. The van der Waals surface area contributed by atoms with Gasteiger partial charge in [0.2, 0.25) is 0 Å². The molecule has 174 valence electrons. The molecular formula is C27H25N7S. The van der Waals surface area contributed by atoms with E-state index in [4.69, 9.17) is 4.98 Å². The summed E-state index contributed by atoms with van der Waals surface area (Å²) < 4.78 is 0. The summed E-state index contributed by atoms with van der Waals surface area (Å²) in [4.78, 5) is 19.3. The Bertz CT molecular complexity index is 1540. The number of aromatic nitrogens is 3. The fraction of sp³-hybridized carbons (Fsp3) is 0.222. The molecule has 5 heterocycles. The van der Waals surface area contributed by atoms with Crippen LogP contribution in [0.4, 0.5) is 11.4 Å². The highest BCUT2D eigenvalue weighted by molar-refractivity contribution is 7.21. The van der Waals surface area contributed by atoms with Crippen molar-refractivity contribution in [1.82, 2.24) is 24.8 Å². The standard InChI is InChI=1S/C27H25N7S/c1-33-8-10-34(11-9-33)17-18-2-4-24(30-15-18)25-13-22-26(20(14-28)16-31-27(22)35-25)32-21-3-5-23-19(12-21)6-7-29-23/h2-7,12-13,15-16,29H,8-11,17H2,1H3,(H,31,32). The van der Waals surface area contributed by atoms with Gasteiger partial charge in [0.25, 0.3) is 0 Å². The molecule has 2 N–H and O–H groups in total. The van der Waals surface area contributed by atoms with Crippen molar-refractivity contribution in [2.45, 2.75) is 6.54 Å². The first-order valence-electron chi connectivity index (χ1n) is 11.7. The molecule has 35 heavy (non-hydrogen) atoms. The van der Waals surface area contributed by atoms with Gasteiger partial charge in [-0.05, 0) is 49.0 Å². The van der Waals surface area contributed by atoms with Gasteiger partial charge in [-0.2, -0.15) is 5.26 Å². The first-order valence-corrected chi connectivity index (χ1v) is 12.5. The van der Waals surface area contributed by atoms with E-state index in [-0.39, 0.29) is 0 Å². The summed E-state index contributed by atoms with van der Waals surface area (Å²) >= 11 is 1.60. The van der Waals surface area contributed by atoms with Gasteiger partial charge < -0.3 is 15.2 Å².